The van der Waals surface area contributed by atoms with Gasteiger partial charge in [0.2, 0.25) is 0 Å². The van der Waals surface area contributed by atoms with Crippen LogP contribution in [0.15, 0.2) is 30.3 Å². The van der Waals surface area contributed by atoms with E-state index >= 15 is 0 Å². The number of nitrogens with zero attached hydrogens (tertiary/aromatic N) is 1. The first-order valence-electron chi connectivity index (χ1n) is 12.5. The molecule has 0 aliphatic heterocycles. The Balaban J connectivity index is -0.00000261. The number of benzene rings is 1. The lowest BCUT2D eigenvalue weighted by atomic mass is 10.0. The van der Waals surface area contributed by atoms with Crippen LogP contribution in [0.5, 0.6) is 0 Å². The quantitative estimate of drug-likeness (QED) is 0.235. The summed E-state index contributed by atoms with van der Waals surface area (Å²) in [6, 6.07) is 10.9. The maximum Gasteiger partial charge on any atom is 0.104 e. The molecule has 0 heterocycles. The molecule has 0 bridgehead atoms. The standard InChI is InChI=1S/C27H50N.2ClH.H3N/c1-4-5-6-7-8-9-10-11-12-13-14-15-16-17-18-22-25-28(2,3)26-27-23-20-19-21-24-27;;;/h19-21,23-24H,4-18,22,25-26H2,1-3H3;2*1H;1H3/q+1;;;/p-1. The van der Waals surface area contributed by atoms with Gasteiger partial charge >= 0.3 is 0 Å². The molecule has 0 amide bonds. The van der Waals surface area contributed by atoms with Gasteiger partial charge in [-0.3, -0.25) is 0 Å². The summed E-state index contributed by atoms with van der Waals surface area (Å²) in [5.41, 5.74) is 1.46. The fourth-order valence-electron chi connectivity index (χ4n) is 4.24. The van der Waals surface area contributed by atoms with Gasteiger partial charge in [-0.2, -0.15) is 0 Å². The molecule has 4 N–H and O–H groups in total. The molecule has 31 heavy (non-hydrogen) atoms. The van der Waals surface area contributed by atoms with E-state index in [4.69, 9.17) is 0 Å². The predicted molar refractivity (Wildman–Crippen MR) is 133 cm³/mol. The van der Waals surface area contributed by atoms with E-state index < -0.39 is 0 Å². The highest BCUT2D eigenvalue weighted by Crippen LogP contribution is 2.15. The largest absolute Gasteiger partial charge is 1.00 e. The summed E-state index contributed by atoms with van der Waals surface area (Å²) in [5, 5.41) is 0. The average molecular weight is 478 g/mol. The maximum atomic E-state index is 2.37. The normalized spacial score (nSPS) is 10.7. The highest BCUT2D eigenvalue weighted by molar-refractivity contribution is 5.13. The first kappa shape index (κ1) is 35.3. The van der Waals surface area contributed by atoms with Gasteiger partial charge in [0.25, 0.3) is 0 Å². The van der Waals surface area contributed by atoms with Crippen molar-refractivity contribution in [1.29, 1.82) is 0 Å². The fraction of sp³-hybridized carbons (Fsp3) is 0.778. The summed E-state index contributed by atoms with van der Waals surface area (Å²) in [4.78, 5) is 0. The van der Waals surface area contributed by atoms with Crippen molar-refractivity contribution in [1.82, 2.24) is 6.15 Å². The van der Waals surface area contributed by atoms with Crippen LogP contribution in [0.2, 0.25) is 0 Å². The molecule has 0 fully saturated rings. The molecule has 4 heteroatoms. The molecule has 0 aliphatic rings. The molecule has 0 radical (unpaired) electrons. The highest BCUT2D eigenvalue weighted by atomic mass is 35.5. The lowest BCUT2D eigenvalue weighted by Gasteiger charge is -2.30. The Bertz CT molecular complexity index is 452. The molecular weight excluding hydrogens is 423 g/mol. The molecule has 2 nitrogen and oxygen atoms in total. The number of halogens is 2. The fourth-order valence-corrected chi connectivity index (χ4v) is 4.24. The number of hydrogen-bond acceptors (Lipinski definition) is 0. The van der Waals surface area contributed by atoms with E-state index in [0.717, 1.165) is 11.0 Å². The Morgan fingerprint density at radius 3 is 1.29 bits per heavy atom. The van der Waals surface area contributed by atoms with Crippen LogP contribution in [0, 0.1) is 0 Å². The zero-order chi connectivity index (χ0) is 20.3. The van der Waals surface area contributed by atoms with Crippen LogP contribution < -0.4 is 31.0 Å². The molecule has 1 rings (SSSR count). The first-order valence-corrected chi connectivity index (χ1v) is 12.5. The summed E-state index contributed by atoms with van der Waals surface area (Å²) in [5.74, 6) is 0. The third-order valence-electron chi connectivity index (χ3n) is 6.07. The molecule has 1 aromatic carbocycles. The van der Waals surface area contributed by atoms with Gasteiger partial charge in [-0.15, -0.1) is 0 Å². The topological polar surface area (TPSA) is 36.5 Å². The predicted octanol–water partition coefficient (Wildman–Crippen LogP) is 2.91. The zero-order valence-electron chi connectivity index (χ0n) is 21.3. The summed E-state index contributed by atoms with van der Waals surface area (Å²) >= 11 is 0. The van der Waals surface area contributed by atoms with E-state index in [9.17, 15) is 0 Å². The molecular formula is C27H54Cl2N2. The lowest BCUT2D eigenvalue weighted by Crippen LogP contribution is -3.00. The highest BCUT2D eigenvalue weighted by Gasteiger charge is 2.14. The van der Waals surface area contributed by atoms with Gasteiger partial charge in [0.15, 0.2) is 0 Å². The number of hydrogen-bond donors (Lipinski definition) is 1. The van der Waals surface area contributed by atoms with E-state index in [1.165, 1.54) is 115 Å². The van der Waals surface area contributed by atoms with Crippen LogP contribution in [0.1, 0.15) is 115 Å². The SMILES string of the molecule is CCCCCCCCCCCCCCCCCC[N+](C)(C)Cc1ccccc1.[Cl-].[Cl-].[NH4+]. The van der Waals surface area contributed by atoms with Crippen LogP contribution in [0.4, 0.5) is 0 Å². The van der Waals surface area contributed by atoms with E-state index in [1.807, 2.05) is 0 Å². The van der Waals surface area contributed by atoms with Gasteiger partial charge in [-0.25, -0.2) is 0 Å². The second-order valence-corrected chi connectivity index (χ2v) is 9.61. The Hall–Kier alpha value is -0.280. The van der Waals surface area contributed by atoms with Crippen molar-refractivity contribution < 1.29 is 29.3 Å². The second-order valence-electron chi connectivity index (χ2n) is 9.61. The van der Waals surface area contributed by atoms with Crippen molar-refractivity contribution in [2.75, 3.05) is 20.6 Å². The minimum atomic E-state index is 0. The van der Waals surface area contributed by atoms with Crippen LogP contribution in [-0.2, 0) is 6.54 Å². The van der Waals surface area contributed by atoms with Gasteiger partial charge in [0, 0.05) is 5.56 Å². The Kier molecular flexibility index (Phi) is 27.8. The molecule has 0 saturated carbocycles. The van der Waals surface area contributed by atoms with Crippen molar-refractivity contribution in [3.8, 4) is 0 Å². The van der Waals surface area contributed by atoms with Gasteiger partial charge in [-0.05, 0) is 12.8 Å². The molecule has 0 spiro atoms. The third kappa shape index (κ3) is 22.7. The zero-order valence-corrected chi connectivity index (χ0v) is 22.8. The number of unbranched alkanes of at least 4 members (excludes halogenated alkanes) is 15. The van der Waals surface area contributed by atoms with E-state index in [-0.39, 0.29) is 31.0 Å². The van der Waals surface area contributed by atoms with Crippen molar-refractivity contribution in [2.24, 2.45) is 0 Å². The van der Waals surface area contributed by atoms with Gasteiger partial charge in [0.1, 0.15) is 6.54 Å². The molecule has 186 valence electrons. The molecule has 1 aromatic rings. The summed E-state index contributed by atoms with van der Waals surface area (Å²) in [6.07, 6.45) is 23.2. The van der Waals surface area contributed by atoms with Crippen molar-refractivity contribution in [2.45, 2.75) is 116 Å². The van der Waals surface area contributed by atoms with Crippen molar-refractivity contribution >= 4 is 0 Å². The smallest absolute Gasteiger partial charge is 0.104 e. The summed E-state index contributed by atoms with van der Waals surface area (Å²) in [7, 11) is 4.75. The number of quaternary nitrogens is 2. The van der Waals surface area contributed by atoms with Crippen molar-refractivity contribution in [3.63, 3.8) is 0 Å². The molecule has 0 atom stereocenters. The number of rotatable bonds is 19. The Morgan fingerprint density at radius 1 is 0.548 bits per heavy atom. The Labute approximate surface area is 208 Å². The van der Waals surface area contributed by atoms with Crippen molar-refractivity contribution in [3.05, 3.63) is 35.9 Å². The van der Waals surface area contributed by atoms with E-state index in [0.29, 0.717) is 0 Å². The minimum absolute atomic E-state index is 0. The molecule has 0 aromatic heterocycles. The third-order valence-corrected chi connectivity index (χ3v) is 6.07. The monoisotopic (exact) mass is 476 g/mol. The van der Waals surface area contributed by atoms with Crippen LogP contribution in [0.25, 0.3) is 0 Å². The summed E-state index contributed by atoms with van der Waals surface area (Å²) in [6.45, 7) is 4.75. The molecule has 0 aliphatic carbocycles. The van der Waals surface area contributed by atoms with Crippen LogP contribution in [0.3, 0.4) is 0 Å². The molecule has 0 unspecified atom stereocenters. The Morgan fingerprint density at radius 2 is 0.903 bits per heavy atom. The maximum absolute atomic E-state index is 2.37. The second kappa shape index (κ2) is 24.4. The van der Waals surface area contributed by atoms with Crippen LogP contribution >= 0.6 is 0 Å². The van der Waals surface area contributed by atoms with Gasteiger partial charge < -0.3 is 35.4 Å². The van der Waals surface area contributed by atoms with Gasteiger partial charge in [-0.1, -0.05) is 127 Å². The molecule has 0 saturated heterocycles. The average Bonchev–Trinajstić information content (AvgIpc) is 2.68. The minimum Gasteiger partial charge on any atom is -1.00 e. The first-order chi connectivity index (χ1) is 13.6. The lowest BCUT2D eigenvalue weighted by molar-refractivity contribution is -0.903. The summed E-state index contributed by atoms with van der Waals surface area (Å²) < 4.78 is 1.11. The van der Waals surface area contributed by atoms with E-state index in [1.54, 1.807) is 0 Å². The van der Waals surface area contributed by atoms with E-state index in [2.05, 4.69) is 51.4 Å². The van der Waals surface area contributed by atoms with Crippen LogP contribution in [-0.4, -0.2) is 25.1 Å². The van der Waals surface area contributed by atoms with Gasteiger partial charge in [0.05, 0.1) is 20.6 Å².